The van der Waals surface area contributed by atoms with Crippen LogP contribution < -0.4 is 4.74 Å². The molecule has 2 nitrogen and oxygen atoms in total. The summed E-state index contributed by atoms with van der Waals surface area (Å²) in [6.45, 7) is 1.96. The molecule has 0 bridgehead atoms. The van der Waals surface area contributed by atoms with Gasteiger partial charge in [0.05, 0.1) is 7.11 Å². The fourth-order valence-corrected chi connectivity index (χ4v) is 3.67. The fraction of sp³-hybridized carbons (Fsp3) is 0.409. The average molecular weight is 322 g/mol. The third-order valence-corrected chi connectivity index (χ3v) is 5.26. The molecule has 0 unspecified atom stereocenters. The van der Waals surface area contributed by atoms with Crippen LogP contribution in [0.25, 0.3) is 0 Å². The topological polar surface area (TPSA) is 26.3 Å². The first-order valence-corrected chi connectivity index (χ1v) is 8.97. The summed E-state index contributed by atoms with van der Waals surface area (Å²) in [5.41, 5.74) is 3.18. The van der Waals surface area contributed by atoms with Crippen molar-refractivity contribution in [3.8, 4) is 5.75 Å². The van der Waals surface area contributed by atoms with Gasteiger partial charge in [-0.25, -0.2) is 0 Å². The largest absolute Gasteiger partial charge is 0.497 e. The minimum Gasteiger partial charge on any atom is -0.497 e. The third kappa shape index (κ3) is 3.69. The second-order valence-electron chi connectivity index (χ2n) is 6.82. The van der Waals surface area contributed by atoms with Gasteiger partial charge < -0.3 is 4.74 Å². The fourth-order valence-electron chi connectivity index (χ4n) is 3.67. The second-order valence-corrected chi connectivity index (χ2v) is 6.82. The number of methoxy groups -OCH3 is 1. The molecule has 24 heavy (non-hydrogen) atoms. The Morgan fingerprint density at radius 1 is 1.04 bits per heavy atom. The molecule has 0 aliphatic heterocycles. The van der Waals surface area contributed by atoms with Crippen molar-refractivity contribution in [2.75, 3.05) is 7.11 Å². The lowest BCUT2D eigenvalue weighted by molar-refractivity contribution is 0.0966. The smallest absolute Gasteiger partial charge is 0.170 e. The van der Waals surface area contributed by atoms with E-state index in [1.807, 2.05) is 43.3 Å². The predicted molar refractivity (Wildman–Crippen MR) is 98.0 cm³/mol. The normalized spacial score (nSPS) is 16.6. The van der Waals surface area contributed by atoms with Crippen LogP contribution >= 0.6 is 0 Å². The quantitative estimate of drug-likeness (QED) is 0.657. The van der Waals surface area contributed by atoms with Gasteiger partial charge in [-0.15, -0.1) is 0 Å². The number of benzene rings is 2. The maximum atomic E-state index is 12.8. The van der Waals surface area contributed by atoms with Crippen molar-refractivity contribution < 1.29 is 9.53 Å². The molecule has 0 spiro atoms. The van der Waals surface area contributed by atoms with E-state index in [-0.39, 0.29) is 11.7 Å². The van der Waals surface area contributed by atoms with Gasteiger partial charge in [0.2, 0.25) is 0 Å². The summed E-state index contributed by atoms with van der Waals surface area (Å²) in [6, 6.07) is 16.1. The number of ketones is 1. The molecule has 2 aromatic rings. The molecule has 0 N–H and O–H groups in total. The van der Waals surface area contributed by atoms with Crippen molar-refractivity contribution >= 4 is 5.78 Å². The zero-order chi connectivity index (χ0) is 16.9. The molecule has 1 aliphatic carbocycles. The van der Waals surface area contributed by atoms with Crippen LogP contribution in [0, 0.1) is 0 Å². The van der Waals surface area contributed by atoms with Gasteiger partial charge in [0.25, 0.3) is 0 Å². The van der Waals surface area contributed by atoms with Crippen LogP contribution in [0.2, 0.25) is 0 Å². The van der Waals surface area contributed by atoms with E-state index < -0.39 is 0 Å². The molecular formula is C22H26O2. The predicted octanol–water partition coefficient (Wildman–Crippen LogP) is 5.73. The van der Waals surface area contributed by atoms with Crippen LogP contribution in [0.4, 0.5) is 0 Å². The highest BCUT2D eigenvalue weighted by Crippen LogP contribution is 2.33. The Balaban J connectivity index is 1.74. The van der Waals surface area contributed by atoms with Crippen LogP contribution in [0.15, 0.2) is 48.5 Å². The van der Waals surface area contributed by atoms with Gasteiger partial charge in [0.15, 0.2) is 5.78 Å². The van der Waals surface area contributed by atoms with Gasteiger partial charge in [0.1, 0.15) is 5.75 Å². The molecule has 2 heteroatoms. The van der Waals surface area contributed by atoms with Gasteiger partial charge in [0, 0.05) is 11.5 Å². The standard InChI is InChI=1S/C22H26O2/c1-16(20-9-6-10-21(15-20)24-2)22(23)19-13-11-18(12-14-19)17-7-4-3-5-8-17/h6,9-17H,3-5,7-8H2,1-2H3/t16-/m1/s1. The zero-order valence-corrected chi connectivity index (χ0v) is 14.6. The number of hydrogen-bond acceptors (Lipinski definition) is 2. The van der Waals surface area contributed by atoms with E-state index in [1.165, 1.54) is 37.7 Å². The van der Waals surface area contributed by atoms with Crippen LogP contribution in [0.1, 0.15) is 72.3 Å². The van der Waals surface area contributed by atoms with E-state index in [2.05, 4.69) is 12.1 Å². The number of carbonyl (C=O) groups is 1. The molecule has 1 atom stereocenters. The Bertz CT molecular complexity index is 681. The Kier molecular flexibility index (Phi) is 5.34. The minimum atomic E-state index is -0.166. The Labute approximate surface area is 144 Å². The molecule has 126 valence electrons. The first kappa shape index (κ1) is 16.8. The van der Waals surface area contributed by atoms with E-state index >= 15 is 0 Å². The van der Waals surface area contributed by atoms with Crippen LogP contribution in [0.5, 0.6) is 5.75 Å². The number of rotatable bonds is 5. The van der Waals surface area contributed by atoms with Crippen molar-refractivity contribution in [1.82, 2.24) is 0 Å². The molecule has 0 radical (unpaired) electrons. The lowest BCUT2D eigenvalue weighted by Gasteiger charge is -2.22. The van der Waals surface area contributed by atoms with Crippen molar-refractivity contribution in [1.29, 1.82) is 0 Å². The molecule has 1 fully saturated rings. The molecule has 3 rings (SSSR count). The van der Waals surface area contributed by atoms with E-state index in [1.54, 1.807) is 7.11 Å². The molecule has 0 aromatic heterocycles. The summed E-state index contributed by atoms with van der Waals surface area (Å²) in [5.74, 6) is 1.47. The number of carbonyl (C=O) groups excluding carboxylic acids is 1. The summed E-state index contributed by atoms with van der Waals surface area (Å²) < 4.78 is 5.26. The van der Waals surface area contributed by atoms with Gasteiger partial charge in [-0.3, -0.25) is 4.79 Å². The van der Waals surface area contributed by atoms with E-state index in [4.69, 9.17) is 4.74 Å². The number of hydrogen-bond donors (Lipinski definition) is 0. The van der Waals surface area contributed by atoms with Gasteiger partial charge in [-0.1, -0.05) is 62.6 Å². The maximum absolute atomic E-state index is 12.8. The van der Waals surface area contributed by atoms with Gasteiger partial charge in [-0.05, 0) is 42.0 Å². The highest BCUT2D eigenvalue weighted by molar-refractivity contribution is 6.00. The van der Waals surface area contributed by atoms with E-state index in [0.717, 1.165) is 16.9 Å². The molecule has 0 heterocycles. The summed E-state index contributed by atoms with van der Waals surface area (Å²) in [5, 5.41) is 0. The third-order valence-electron chi connectivity index (χ3n) is 5.26. The van der Waals surface area contributed by atoms with E-state index in [0.29, 0.717) is 5.92 Å². The molecule has 0 saturated heterocycles. The highest BCUT2D eigenvalue weighted by atomic mass is 16.5. The SMILES string of the molecule is COc1cccc([C@@H](C)C(=O)c2ccc(C3CCCCC3)cc2)c1. The summed E-state index contributed by atoms with van der Waals surface area (Å²) in [7, 11) is 1.65. The van der Waals surface area contributed by atoms with Crippen molar-refractivity contribution in [3.63, 3.8) is 0 Å². The van der Waals surface area contributed by atoms with E-state index in [9.17, 15) is 4.79 Å². The van der Waals surface area contributed by atoms with Gasteiger partial charge >= 0.3 is 0 Å². The molecule has 2 aromatic carbocycles. The number of Topliss-reactive ketones (excluding diaryl/α,β-unsaturated/α-hetero) is 1. The van der Waals surface area contributed by atoms with Crippen molar-refractivity contribution in [3.05, 3.63) is 65.2 Å². The molecular weight excluding hydrogens is 296 g/mol. The highest BCUT2D eigenvalue weighted by Gasteiger charge is 2.19. The lowest BCUT2D eigenvalue weighted by atomic mass is 9.83. The molecule has 1 saturated carbocycles. The lowest BCUT2D eigenvalue weighted by Crippen LogP contribution is -2.10. The number of ether oxygens (including phenoxy) is 1. The molecule has 1 aliphatic rings. The summed E-state index contributed by atoms with van der Waals surface area (Å²) in [4.78, 5) is 12.8. The second kappa shape index (κ2) is 7.65. The minimum absolute atomic E-state index is 0.165. The Morgan fingerprint density at radius 2 is 1.75 bits per heavy atom. The van der Waals surface area contributed by atoms with Gasteiger partial charge in [-0.2, -0.15) is 0 Å². The first-order valence-electron chi connectivity index (χ1n) is 8.97. The summed E-state index contributed by atoms with van der Waals surface area (Å²) >= 11 is 0. The average Bonchev–Trinajstić information content (AvgIpc) is 2.67. The summed E-state index contributed by atoms with van der Waals surface area (Å²) in [6.07, 6.45) is 6.60. The van der Waals surface area contributed by atoms with Crippen molar-refractivity contribution in [2.45, 2.75) is 50.9 Å². The Morgan fingerprint density at radius 3 is 2.42 bits per heavy atom. The maximum Gasteiger partial charge on any atom is 0.170 e. The van der Waals surface area contributed by atoms with Crippen molar-refractivity contribution in [2.24, 2.45) is 0 Å². The van der Waals surface area contributed by atoms with Crippen LogP contribution in [0.3, 0.4) is 0 Å². The zero-order valence-electron chi connectivity index (χ0n) is 14.6. The van der Waals surface area contributed by atoms with Crippen LogP contribution in [-0.4, -0.2) is 12.9 Å². The Hall–Kier alpha value is -2.09. The van der Waals surface area contributed by atoms with Crippen LogP contribution in [-0.2, 0) is 0 Å². The monoisotopic (exact) mass is 322 g/mol. The first-order chi connectivity index (χ1) is 11.7. The molecule has 0 amide bonds.